The minimum absolute atomic E-state index is 0.0739. The first-order valence-electron chi connectivity index (χ1n) is 7.30. The van der Waals surface area contributed by atoms with Crippen molar-refractivity contribution in [1.29, 1.82) is 0 Å². The Bertz CT molecular complexity index is 636. The van der Waals surface area contributed by atoms with Crippen LogP contribution < -0.4 is 10.1 Å². The van der Waals surface area contributed by atoms with E-state index in [1.165, 1.54) is 5.56 Å². The van der Waals surface area contributed by atoms with Gasteiger partial charge in [0.05, 0.1) is 6.54 Å². The van der Waals surface area contributed by atoms with Crippen LogP contribution >= 0.6 is 0 Å². The lowest BCUT2D eigenvalue weighted by atomic mass is 10.0. The summed E-state index contributed by atoms with van der Waals surface area (Å²) in [5.41, 5.74) is 1.17. The van der Waals surface area contributed by atoms with Crippen molar-refractivity contribution in [3.8, 4) is 5.75 Å². The maximum atomic E-state index is 12.2. The molecule has 21 heavy (non-hydrogen) atoms. The highest BCUT2D eigenvalue weighted by Crippen LogP contribution is 2.27. The van der Waals surface area contributed by atoms with Crippen LogP contribution in [0.4, 0.5) is 0 Å². The Morgan fingerprint density at radius 1 is 1.48 bits per heavy atom. The average molecular weight is 285 g/mol. The zero-order chi connectivity index (χ0) is 14.7. The number of carbonyl (C=O) groups is 1. The van der Waals surface area contributed by atoms with Crippen molar-refractivity contribution in [3.05, 3.63) is 48.0 Å². The predicted octanol–water partition coefficient (Wildman–Crippen LogP) is 1.91. The summed E-state index contributed by atoms with van der Waals surface area (Å²) in [7, 11) is 0. The first kappa shape index (κ1) is 13.7. The number of imidazole rings is 1. The molecule has 2 aromatic rings. The van der Waals surface area contributed by atoms with Gasteiger partial charge in [0, 0.05) is 18.9 Å². The van der Waals surface area contributed by atoms with Crippen LogP contribution in [0, 0.1) is 0 Å². The highest BCUT2D eigenvalue weighted by Gasteiger charge is 2.25. The normalized spacial score (nSPS) is 16.9. The number of hydrogen-bond donors (Lipinski definition) is 1. The Balaban J connectivity index is 1.60. The van der Waals surface area contributed by atoms with Gasteiger partial charge in [-0.3, -0.25) is 4.79 Å². The second-order valence-electron chi connectivity index (χ2n) is 5.10. The van der Waals surface area contributed by atoms with Crippen molar-refractivity contribution >= 4 is 5.91 Å². The summed E-state index contributed by atoms with van der Waals surface area (Å²) in [6, 6.07) is 7.88. The van der Waals surface area contributed by atoms with Gasteiger partial charge in [0.2, 0.25) is 0 Å². The number of aryl methyl sites for hydroxylation is 2. The standard InChI is InChI=1S/C16H19N3O2/c1-2-19-10-9-17-15(19)11-18-16(20)14-8-7-12-5-3-4-6-13(12)21-14/h3-6,9-10,14H,2,7-8,11H2,1H3,(H,18,20)/t14-/m1/s1. The number of hydrogen-bond acceptors (Lipinski definition) is 3. The van der Waals surface area contributed by atoms with E-state index in [9.17, 15) is 4.79 Å². The zero-order valence-electron chi connectivity index (χ0n) is 12.1. The number of nitrogens with one attached hydrogen (secondary N) is 1. The van der Waals surface area contributed by atoms with E-state index >= 15 is 0 Å². The summed E-state index contributed by atoms with van der Waals surface area (Å²) in [6.45, 7) is 3.33. The molecule has 1 aromatic carbocycles. The van der Waals surface area contributed by atoms with Crippen molar-refractivity contribution in [2.24, 2.45) is 0 Å². The van der Waals surface area contributed by atoms with Gasteiger partial charge >= 0.3 is 0 Å². The third kappa shape index (κ3) is 2.91. The highest BCUT2D eigenvalue weighted by atomic mass is 16.5. The molecular formula is C16H19N3O2. The first-order valence-corrected chi connectivity index (χ1v) is 7.30. The van der Waals surface area contributed by atoms with Gasteiger partial charge in [-0.05, 0) is 31.4 Å². The first-order chi connectivity index (χ1) is 10.3. The number of ether oxygens (including phenoxy) is 1. The Morgan fingerprint density at radius 3 is 3.19 bits per heavy atom. The number of fused-ring (bicyclic) bond motifs is 1. The van der Waals surface area contributed by atoms with Crippen LogP contribution in [0.25, 0.3) is 0 Å². The van der Waals surface area contributed by atoms with Crippen LogP contribution in [0.5, 0.6) is 5.75 Å². The molecule has 0 saturated carbocycles. The van der Waals surface area contributed by atoms with E-state index in [2.05, 4.69) is 10.3 Å². The van der Waals surface area contributed by atoms with Gasteiger partial charge in [-0.1, -0.05) is 18.2 Å². The molecule has 5 heteroatoms. The number of amides is 1. The smallest absolute Gasteiger partial charge is 0.261 e. The molecule has 1 aliphatic heterocycles. The summed E-state index contributed by atoms with van der Waals surface area (Å²) in [5, 5.41) is 2.91. The molecule has 1 aromatic heterocycles. The van der Waals surface area contributed by atoms with E-state index in [0.29, 0.717) is 13.0 Å². The maximum absolute atomic E-state index is 12.2. The van der Waals surface area contributed by atoms with Crippen molar-refractivity contribution in [1.82, 2.24) is 14.9 Å². The molecule has 1 atom stereocenters. The fraction of sp³-hybridized carbons (Fsp3) is 0.375. The second kappa shape index (κ2) is 5.99. The fourth-order valence-electron chi connectivity index (χ4n) is 2.58. The molecular weight excluding hydrogens is 266 g/mol. The average Bonchev–Trinajstić information content (AvgIpc) is 2.99. The van der Waals surface area contributed by atoms with Gasteiger partial charge in [-0.15, -0.1) is 0 Å². The van der Waals surface area contributed by atoms with Crippen LogP contribution in [-0.4, -0.2) is 21.6 Å². The van der Waals surface area contributed by atoms with E-state index in [4.69, 9.17) is 4.74 Å². The lowest BCUT2D eigenvalue weighted by Crippen LogP contribution is -2.40. The molecule has 0 radical (unpaired) electrons. The van der Waals surface area contributed by atoms with E-state index in [-0.39, 0.29) is 5.91 Å². The van der Waals surface area contributed by atoms with Crippen molar-refractivity contribution in [2.75, 3.05) is 0 Å². The van der Waals surface area contributed by atoms with Gasteiger partial charge in [0.25, 0.3) is 5.91 Å². The third-order valence-electron chi connectivity index (χ3n) is 3.77. The zero-order valence-corrected chi connectivity index (χ0v) is 12.1. The summed E-state index contributed by atoms with van der Waals surface area (Å²) in [6.07, 6.45) is 4.83. The fourth-order valence-corrected chi connectivity index (χ4v) is 2.58. The second-order valence-corrected chi connectivity index (χ2v) is 5.10. The van der Waals surface area contributed by atoms with E-state index in [0.717, 1.165) is 24.5 Å². The number of para-hydroxylation sites is 1. The Kier molecular flexibility index (Phi) is 3.90. The summed E-state index contributed by atoms with van der Waals surface area (Å²) >= 11 is 0. The largest absolute Gasteiger partial charge is 0.480 e. The molecule has 0 saturated heterocycles. The van der Waals surface area contributed by atoms with Crippen molar-refractivity contribution < 1.29 is 9.53 Å². The van der Waals surface area contributed by atoms with Gasteiger partial charge in [-0.25, -0.2) is 4.98 Å². The maximum Gasteiger partial charge on any atom is 0.261 e. The summed E-state index contributed by atoms with van der Waals surface area (Å²) in [5.74, 6) is 1.61. The molecule has 3 rings (SSSR count). The third-order valence-corrected chi connectivity index (χ3v) is 3.77. The van der Waals surface area contributed by atoms with Crippen LogP contribution in [0.1, 0.15) is 24.7 Å². The van der Waals surface area contributed by atoms with E-state index < -0.39 is 6.10 Å². The van der Waals surface area contributed by atoms with Crippen LogP contribution in [0.3, 0.4) is 0 Å². The Morgan fingerprint density at radius 2 is 2.33 bits per heavy atom. The monoisotopic (exact) mass is 285 g/mol. The Hall–Kier alpha value is -2.30. The van der Waals surface area contributed by atoms with Gasteiger partial charge in [0.1, 0.15) is 11.6 Å². The highest BCUT2D eigenvalue weighted by molar-refractivity contribution is 5.81. The number of rotatable bonds is 4. The molecule has 1 amide bonds. The SMILES string of the molecule is CCn1ccnc1CNC(=O)[C@H]1CCc2ccccc2O1. The molecule has 2 heterocycles. The minimum atomic E-state index is -0.412. The molecule has 1 aliphatic rings. The topological polar surface area (TPSA) is 56.2 Å². The number of carbonyl (C=O) groups excluding carboxylic acids is 1. The quantitative estimate of drug-likeness (QED) is 0.933. The molecule has 5 nitrogen and oxygen atoms in total. The number of benzene rings is 1. The van der Waals surface area contributed by atoms with Crippen LogP contribution in [-0.2, 0) is 24.3 Å². The molecule has 0 aliphatic carbocycles. The molecule has 0 bridgehead atoms. The lowest BCUT2D eigenvalue weighted by Gasteiger charge is -2.25. The van der Waals surface area contributed by atoms with Gasteiger partial charge in [-0.2, -0.15) is 0 Å². The van der Waals surface area contributed by atoms with E-state index in [1.807, 2.05) is 42.0 Å². The Labute approximate surface area is 124 Å². The molecule has 1 N–H and O–H groups in total. The summed E-state index contributed by atoms with van der Waals surface area (Å²) in [4.78, 5) is 16.5. The van der Waals surface area contributed by atoms with Crippen LogP contribution in [0.2, 0.25) is 0 Å². The predicted molar refractivity (Wildman–Crippen MR) is 78.9 cm³/mol. The molecule has 0 spiro atoms. The van der Waals surface area contributed by atoms with Crippen molar-refractivity contribution in [3.63, 3.8) is 0 Å². The molecule has 0 unspecified atom stereocenters. The van der Waals surface area contributed by atoms with Gasteiger partial charge in [0.15, 0.2) is 6.10 Å². The van der Waals surface area contributed by atoms with Gasteiger partial charge < -0.3 is 14.6 Å². The minimum Gasteiger partial charge on any atom is -0.480 e. The van der Waals surface area contributed by atoms with Crippen LogP contribution in [0.15, 0.2) is 36.7 Å². The van der Waals surface area contributed by atoms with Crippen molar-refractivity contribution in [2.45, 2.75) is 39.0 Å². The van der Waals surface area contributed by atoms with E-state index in [1.54, 1.807) is 6.20 Å². The number of nitrogens with zero attached hydrogens (tertiary/aromatic N) is 2. The molecule has 0 fully saturated rings. The molecule has 110 valence electrons. The number of aromatic nitrogens is 2. The summed E-state index contributed by atoms with van der Waals surface area (Å²) < 4.78 is 7.79. The lowest BCUT2D eigenvalue weighted by molar-refractivity contribution is -0.128.